The zero-order valence-electron chi connectivity index (χ0n) is 12.2. The summed E-state index contributed by atoms with van der Waals surface area (Å²) in [6, 6.07) is 8.72. The van der Waals surface area contributed by atoms with Gasteiger partial charge in [-0.1, -0.05) is 12.1 Å². The normalized spacial score (nSPS) is 21.7. The third-order valence-electron chi connectivity index (χ3n) is 3.99. The van der Waals surface area contributed by atoms with Crippen molar-refractivity contribution in [2.24, 2.45) is 11.7 Å². The Morgan fingerprint density at radius 2 is 2.10 bits per heavy atom. The lowest BCUT2D eigenvalue weighted by Gasteiger charge is -2.33. The number of rotatable bonds is 4. The molecule has 2 atom stereocenters. The fraction of sp³-hybridized carbons (Fsp3) is 0.533. The summed E-state index contributed by atoms with van der Waals surface area (Å²) in [4.78, 5) is 0. The molecule has 0 saturated carbocycles. The van der Waals surface area contributed by atoms with Gasteiger partial charge in [0.15, 0.2) is 0 Å². The van der Waals surface area contributed by atoms with Crippen molar-refractivity contribution in [2.45, 2.75) is 31.6 Å². The first-order chi connectivity index (χ1) is 9.92. The zero-order chi connectivity index (χ0) is 15.5. The molecule has 2 N–H and O–H groups in total. The maximum Gasteiger partial charge on any atom is 0.218 e. The van der Waals surface area contributed by atoms with Crippen molar-refractivity contribution < 1.29 is 8.42 Å². The molecule has 114 valence electrons. The monoisotopic (exact) mass is 307 g/mol. The minimum absolute atomic E-state index is 0.0120. The highest BCUT2D eigenvalue weighted by molar-refractivity contribution is 7.88. The number of sulfonamides is 1. The Kier molecular flexibility index (Phi) is 4.99. The van der Waals surface area contributed by atoms with Crippen LogP contribution in [0.5, 0.6) is 0 Å². The second-order valence-electron chi connectivity index (χ2n) is 5.68. The average Bonchev–Trinajstić information content (AvgIpc) is 2.48. The van der Waals surface area contributed by atoms with E-state index in [1.165, 1.54) is 0 Å². The Morgan fingerprint density at radius 1 is 1.43 bits per heavy atom. The van der Waals surface area contributed by atoms with Crippen molar-refractivity contribution in [1.82, 2.24) is 4.31 Å². The number of hydrogen-bond donors (Lipinski definition) is 1. The summed E-state index contributed by atoms with van der Waals surface area (Å²) in [6.45, 7) is 3.01. The van der Waals surface area contributed by atoms with Gasteiger partial charge in [0.05, 0.1) is 17.4 Å². The van der Waals surface area contributed by atoms with Crippen LogP contribution in [0.15, 0.2) is 24.3 Å². The topological polar surface area (TPSA) is 87.2 Å². The molecule has 1 aromatic rings. The Labute approximate surface area is 126 Å². The van der Waals surface area contributed by atoms with Gasteiger partial charge in [0.1, 0.15) is 0 Å². The van der Waals surface area contributed by atoms with Gasteiger partial charge in [-0.05, 0) is 43.4 Å². The van der Waals surface area contributed by atoms with Gasteiger partial charge in [0.2, 0.25) is 10.0 Å². The van der Waals surface area contributed by atoms with Gasteiger partial charge in [-0.25, -0.2) is 12.7 Å². The van der Waals surface area contributed by atoms with Crippen LogP contribution < -0.4 is 5.73 Å². The molecule has 1 aliphatic heterocycles. The van der Waals surface area contributed by atoms with E-state index in [1.54, 1.807) is 28.6 Å². The number of benzene rings is 1. The van der Waals surface area contributed by atoms with E-state index in [0.29, 0.717) is 24.2 Å². The highest BCUT2D eigenvalue weighted by atomic mass is 32.2. The van der Waals surface area contributed by atoms with E-state index in [9.17, 15) is 8.42 Å². The van der Waals surface area contributed by atoms with Crippen LogP contribution in [-0.4, -0.2) is 31.9 Å². The third kappa shape index (κ3) is 4.03. The van der Waals surface area contributed by atoms with Crippen molar-refractivity contribution in [3.8, 4) is 6.07 Å². The van der Waals surface area contributed by atoms with Crippen LogP contribution in [0.25, 0.3) is 0 Å². The number of nitrogens with zero attached hydrogens (tertiary/aromatic N) is 2. The molecule has 1 saturated heterocycles. The Balaban J connectivity index is 2.08. The van der Waals surface area contributed by atoms with Gasteiger partial charge in [-0.2, -0.15) is 5.26 Å². The molecule has 1 aliphatic rings. The predicted molar refractivity (Wildman–Crippen MR) is 81.7 cm³/mol. The van der Waals surface area contributed by atoms with E-state index < -0.39 is 10.0 Å². The Hall–Kier alpha value is -1.42. The average molecular weight is 307 g/mol. The van der Waals surface area contributed by atoms with Crippen molar-refractivity contribution in [2.75, 3.05) is 13.1 Å². The summed E-state index contributed by atoms with van der Waals surface area (Å²) in [5, 5.41) is 8.76. The van der Waals surface area contributed by atoms with Crippen molar-refractivity contribution >= 4 is 10.0 Å². The van der Waals surface area contributed by atoms with Crippen molar-refractivity contribution in [3.05, 3.63) is 35.4 Å². The van der Waals surface area contributed by atoms with E-state index >= 15 is 0 Å². The number of piperidine rings is 1. The summed E-state index contributed by atoms with van der Waals surface area (Å²) < 4.78 is 26.6. The van der Waals surface area contributed by atoms with Crippen LogP contribution in [0, 0.1) is 17.2 Å². The molecule has 0 radical (unpaired) electrons. The summed E-state index contributed by atoms with van der Waals surface area (Å²) in [5.41, 5.74) is 7.14. The molecular formula is C15H21N3O2S. The van der Waals surface area contributed by atoms with Crippen LogP contribution >= 0.6 is 0 Å². The summed E-state index contributed by atoms with van der Waals surface area (Å²) in [7, 11) is -3.33. The number of nitriles is 1. The first-order valence-corrected chi connectivity index (χ1v) is 8.76. The third-order valence-corrected chi connectivity index (χ3v) is 5.81. The van der Waals surface area contributed by atoms with E-state index in [4.69, 9.17) is 11.0 Å². The molecule has 5 nitrogen and oxygen atoms in total. The fourth-order valence-corrected chi connectivity index (χ4v) is 4.26. The number of hydrogen-bond acceptors (Lipinski definition) is 4. The molecule has 1 heterocycles. The van der Waals surface area contributed by atoms with E-state index in [-0.39, 0.29) is 17.7 Å². The molecule has 2 unspecified atom stereocenters. The summed E-state index contributed by atoms with van der Waals surface area (Å²) in [5.74, 6) is 0.208. The summed E-state index contributed by atoms with van der Waals surface area (Å²) >= 11 is 0. The smallest absolute Gasteiger partial charge is 0.218 e. The minimum atomic E-state index is -3.33. The molecule has 0 bridgehead atoms. The zero-order valence-corrected chi connectivity index (χ0v) is 13.0. The molecule has 0 amide bonds. The van der Waals surface area contributed by atoms with Crippen LogP contribution in [-0.2, 0) is 15.8 Å². The van der Waals surface area contributed by atoms with Gasteiger partial charge >= 0.3 is 0 Å². The highest BCUT2D eigenvalue weighted by Crippen LogP contribution is 2.23. The SMILES string of the molecule is CC(N)C1CCCN(S(=O)(=O)Cc2ccc(C#N)cc2)C1. The molecule has 0 aromatic heterocycles. The second-order valence-corrected chi connectivity index (χ2v) is 7.65. The molecule has 1 aromatic carbocycles. The lowest BCUT2D eigenvalue weighted by molar-refractivity contribution is 0.243. The van der Waals surface area contributed by atoms with Gasteiger partial charge in [-0.3, -0.25) is 0 Å². The lowest BCUT2D eigenvalue weighted by atomic mass is 9.93. The quantitative estimate of drug-likeness (QED) is 0.912. The van der Waals surface area contributed by atoms with Crippen LogP contribution in [0.4, 0.5) is 0 Å². The maximum absolute atomic E-state index is 12.5. The molecule has 21 heavy (non-hydrogen) atoms. The van der Waals surface area contributed by atoms with E-state index in [0.717, 1.165) is 12.8 Å². The molecule has 0 spiro atoms. The molecule has 2 rings (SSSR count). The van der Waals surface area contributed by atoms with Gasteiger partial charge in [-0.15, -0.1) is 0 Å². The largest absolute Gasteiger partial charge is 0.328 e. The van der Waals surface area contributed by atoms with Crippen LogP contribution in [0.3, 0.4) is 0 Å². The standard InChI is InChI=1S/C15H21N3O2S/c1-12(17)15-3-2-8-18(10-15)21(19,20)11-14-6-4-13(9-16)5-7-14/h4-7,12,15H,2-3,8,10-11,17H2,1H3. The molecule has 6 heteroatoms. The molecule has 0 aliphatic carbocycles. The van der Waals surface area contributed by atoms with E-state index in [2.05, 4.69) is 0 Å². The van der Waals surface area contributed by atoms with Crippen molar-refractivity contribution in [1.29, 1.82) is 5.26 Å². The minimum Gasteiger partial charge on any atom is -0.328 e. The van der Waals surface area contributed by atoms with Gasteiger partial charge in [0, 0.05) is 19.1 Å². The number of nitrogens with two attached hydrogens (primary N) is 1. The van der Waals surface area contributed by atoms with E-state index in [1.807, 2.05) is 13.0 Å². The van der Waals surface area contributed by atoms with Gasteiger partial charge in [0.25, 0.3) is 0 Å². The van der Waals surface area contributed by atoms with Crippen LogP contribution in [0.2, 0.25) is 0 Å². The second kappa shape index (κ2) is 6.56. The molecule has 1 fully saturated rings. The molecular weight excluding hydrogens is 286 g/mol. The van der Waals surface area contributed by atoms with Crippen molar-refractivity contribution in [3.63, 3.8) is 0 Å². The fourth-order valence-electron chi connectivity index (χ4n) is 2.63. The Morgan fingerprint density at radius 3 is 2.67 bits per heavy atom. The summed E-state index contributed by atoms with van der Waals surface area (Å²) in [6.07, 6.45) is 1.85. The maximum atomic E-state index is 12.5. The van der Waals surface area contributed by atoms with Gasteiger partial charge < -0.3 is 5.73 Å². The first kappa shape index (κ1) is 16.0. The Bertz CT molecular complexity index is 617. The van der Waals surface area contributed by atoms with Crippen LogP contribution in [0.1, 0.15) is 30.9 Å². The predicted octanol–water partition coefficient (Wildman–Crippen LogP) is 1.45. The lowest BCUT2D eigenvalue weighted by Crippen LogP contribution is -2.45. The highest BCUT2D eigenvalue weighted by Gasteiger charge is 2.30. The first-order valence-electron chi connectivity index (χ1n) is 7.15.